The smallest absolute Gasteiger partial charge is 0.191 e. The number of thioether (sulfide) groups is 1. The predicted octanol–water partition coefficient (Wildman–Crippen LogP) is 3.73. The second-order valence-electron chi connectivity index (χ2n) is 5.07. The highest BCUT2D eigenvalue weighted by Crippen LogP contribution is 2.25. The zero-order valence-electron chi connectivity index (χ0n) is 12.8. The molecule has 0 atom stereocenters. The van der Waals surface area contributed by atoms with E-state index in [0.717, 1.165) is 35.3 Å². The third kappa shape index (κ3) is 4.17. The lowest BCUT2D eigenvalue weighted by molar-refractivity contribution is -0.117. The van der Waals surface area contributed by atoms with Gasteiger partial charge in [-0.05, 0) is 33.3 Å². The second-order valence-corrected chi connectivity index (χ2v) is 6.14. The summed E-state index contributed by atoms with van der Waals surface area (Å²) in [6.07, 6.45) is 1.52. The molecular weight excluding hydrogens is 282 g/mol. The number of hydrogen-bond acceptors (Lipinski definition) is 4. The molecule has 0 aliphatic rings. The van der Waals surface area contributed by atoms with Gasteiger partial charge >= 0.3 is 0 Å². The molecule has 0 saturated carbocycles. The summed E-state index contributed by atoms with van der Waals surface area (Å²) in [4.78, 5) is 11.0. The van der Waals surface area contributed by atoms with Crippen LogP contribution in [-0.4, -0.2) is 26.3 Å². The number of benzene rings is 1. The van der Waals surface area contributed by atoms with Crippen molar-refractivity contribution in [1.29, 1.82) is 0 Å². The number of rotatable bonds is 7. The fraction of sp³-hybridized carbons (Fsp3) is 0.438. The maximum absolute atomic E-state index is 11.0. The van der Waals surface area contributed by atoms with Gasteiger partial charge in [0.15, 0.2) is 11.0 Å². The maximum atomic E-state index is 11.0. The summed E-state index contributed by atoms with van der Waals surface area (Å²) in [5.74, 6) is 2.05. The second kappa shape index (κ2) is 7.41. The monoisotopic (exact) mass is 303 g/mol. The summed E-state index contributed by atoms with van der Waals surface area (Å²) in [7, 11) is 0. The van der Waals surface area contributed by atoms with E-state index >= 15 is 0 Å². The Morgan fingerprint density at radius 1 is 1.33 bits per heavy atom. The molecular formula is C16H21N3OS. The molecule has 0 radical (unpaired) electrons. The van der Waals surface area contributed by atoms with Crippen LogP contribution in [0.25, 0.3) is 11.4 Å². The average Bonchev–Trinajstić information content (AvgIpc) is 2.86. The summed E-state index contributed by atoms with van der Waals surface area (Å²) in [5, 5.41) is 9.57. The lowest BCUT2D eigenvalue weighted by atomic mass is 10.1. The molecule has 0 saturated heterocycles. The Morgan fingerprint density at radius 3 is 2.81 bits per heavy atom. The van der Waals surface area contributed by atoms with Crippen LogP contribution >= 0.6 is 11.8 Å². The molecule has 0 unspecified atom stereocenters. The van der Waals surface area contributed by atoms with E-state index in [1.54, 1.807) is 18.7 Å². The van der Waals surface area contributed by atoms with Crippen LogP contribution in [0.3, 0.4) is 0 Å². The Balaban J connectivity index is 2.12. The molecule has 2 rings (SSSR count). The van der Waals surface area contributed by atoms with Gasteiger partial charge in [0.2, 0.25) is 0 Å². The van der Waals surface area contributed by atoms with Gasteiger partial charge in [0.25, 0.3) is 0 Å². The highest BCUT2D eigenvalue weighted by Gasteiger charge is 2.13. The van der Waals surface area contributed by atoms with E-state index in [1.165, 1.54) is 5.56 Å². The first kappa shape index (κ1) is 15.8. The normalized spacial score (nSPS) is 10.8. The van der Waals surface area contributed by atoms with Crippen LogP contribution in [-0.2, 0) is 11.3 Å². The van der Waals surface area contributed by atoms with Crippen molar-refractivity contribution in [3.8, 4) is 11.4 Å². The number of hydrogen-bond donors (Lipinski definition) is 0. The third-order valence-electron chi connectivity index (χ3n) is 3.21. The lowest BCUT2D eigenvalue weighted by Gasteiger charge is -2.07. The van der Waals surface area contributed by atoms with Crippen LogP contribution < -0.4 is 0 Å². The minimum Gasteiger partial charge on any atom is -0.302 e. The van der Waals surface area contributed by atoms with Crippen molar-refractivity contribution in [2.75, 3.05) is 5.75 Å². The van der Waals surface area contributed by atoms with Gasteiger partial charge in [0.1, 0.15) is 5.78 Å². The predicted molar refractivity (Wildman–Crippen MR) is 86.5 cm³/mol. The fourth-order valence-electron chi connectivity index (χ4n) is 2.16. The van der Waals surface area contributed by atoms with Gasteiger partial charge < -0.3 is 9.36 Å². The molecule has 0 bridgehead atoms. The number of Topliss-reactive ketones (excluding diaryl/α,β-unsaturated/α-hetero) is 1. The van der Waals surface area contributed by atoms with Crippen LogP contribution in [0.4, 0.5) is 0 Å². The number of carbonyl (C=O) groups excluding carboxylic acids is 1. The molecule has 0 spiro atoms. The number of nitrogens with zero attached hydrogens (tertiary/aromatic N) is 3. The molecule has 112 valence electrons. The van der Waals surface area contributed by atoms with Crippen molar-refractivity contribution in [3.63, 3.8) is 0 Å². The first-order valence-electron chi connectivity index (χ1n) is 7.24. The summed E-state index contributed by atoms with van der Waals surface area (Å²) < 4.78 is 2.13. The molecule has 1 aromatic carbocycles. The topological polar surface area (TPSA) is 47.8 Å². The Morgan fingerprint density at radius 2 is 2.14 bits per heavy atom. The van der Waals surface area contributed by atoms with Gasteiger partial charge in [-0.3, -0.25) is 0 Å². The molecule has 0 N–H and O–H groups in total. The van der Waals surface area contributed by atoms with E-state index in [9.17, 15) is 4.79 Å². The first-order chi connectivity index (χ1) is 10.1. The third-order valence-corrected chi connectivity index (χ3v) is 4.27. The van der Waals surface area contributed by atoms with Gasteiger partial charge in [0.05, 0.1) is 0 Å². The number of carbonyl (C=O) groups is 1. The minimum atomic E-state index is 0.244. The Kier molecular flexibility index (Phi) is 5.56. The molecule has 21 heavy (non-hydrogen) atoms. The molecule has 0 aliphatic heterocycles. The van der Waals surface area contributed by atoms with Crippen LogP contribution in [0.5, 0.6) is 0 Å². The summed E-state index contributed by atoms with van der Waals surface area (Å²) in [6.45, 7) is 6.65. The van der Waals surface area contributed by atoms with Gasteiger partial charge in [-0.15, -0.1) is 10.2 Å². The molecule has 5 heteroatoms. The zero-order valence-corrected chi connectivity index (χ0v) is 13.6. The molecule has 0 fully saturated rings. The van der Waals surface area contributed by atoms with Crippen molar-refractivity contribution in [2.45, 2.75) is 45.3 Å². The first-order valence-corrected chi connectivity index (χ1v) is 8.23. The lowest BCUT2D eigenvalue weighted by Crippen LogP contribution is -2.00. The van der Waals surface area contributed by atoms with Crippen molar-refractivity contribution >= 4 is 17.5 Å². The van der Waals surface area contributed by atoms with E-state index in [4.69, 9.17) is 0 Å². The minimum absolute atomic E-state index is 0.244. The average molecular weight is 303 g/mol. The number of aromatic nitrogens is 3. The van der Waals surface area contributed by atoms with E-state index < -0.39 is 0 Å². The fourth-order valence-corrected chi connectivity index (χ4v) is 3.10. The van der Waals surface area contributed by atoms with Crippen molar-refractivity contribution < 1.29 is 4.79 Å². The van der Waals surface area contributed by atoms with Crippen LogP contribution in [0, 0.1) is 6.92 Å². The van der Waals surface area contributed by atoms with Crippen molar-refractivity contribution in [2.24, 2.45) is 0 Å². The SMILES string of the molecule is CCn1c(SCCCC(C)=O)nnc1-c1cccc(C)c1. The standard InChI is InChI=1S/C16H21N3OS/c1-4-19-15(14-9-5-7-12(2)11-14)17-18-16(19)21-10-6-8-13(3)20/h5,7,9,11H,4,6,8,10H2,1-3H3. The summed E-state index contributed by atoms with van der Waals surface area (Å²) >= 11 is 1.67. The molecule has 1 heterocycles. The van der Waals surface area contributed by atoms with Crippen LogP contribution in [0.1, 0.15) is 32.3 Å². The molecule has 0 aliphatic carbocycles. The van der Waals surface area contributed by atoms with E-state index in [0.29, 0.717) is 6.42 Å². The van der Waals surface area contributed by atoms with E-state index in [1.807, 2.05) is 6.07 Å². The summed E-state index contributed by atoms with van der Waals surface area (Å²) in [6, 6.07) is 8.31. The van der Waals surface area contributed by atoms with E-state index in [2.05, 4.69) is 46.8 Å². The molecule has 4 nitrogen and oxygen atoms in total. The van der Waals surface area contributed by atoms with Gasteiger partial charge in [0, 0.05) is 24.3 Å². The van der Waals surface area contributed by atoms with Crippen LogP contribution in [0.15, 0.2) is 29.4 Å². The van der Waals surface area contributed by atoms with Crippen molar-refractivity contribution in [3.05, 3.63) is 29.8 Å². The van der Waals surface area contributed by atoms with E-state index in [-0.39, 0.29) is 5.78 Å². The highest BCUT2D eigenvalue weighted by molar-refractivity contribution is 7.99. The zero-order chi connectivity index (χ0) is 15.2. The number of ketones is 1. The summed E-state index contributed by atoms with van der Waals surface area (Å²) in [5.41, 5.74) is 2.31. The Labute approximate surface area is 130 Å². The molecule has 1 aromatic heterocycles. The Bertz CT molecular complexity index is 622. The highest BCUT2D eigenvalue weighted by atomic mass is 32.2. The molecule has 0 amide bonds. The molecule has 2 aromatic rings. The Hall–Kier alpha value is -1.62. The number of aryl methyl sites for hydroxylation is 1. The van der Waals surface area contributed by atoms with Gasteiger partial charge in [-0.2, -0.15) is 0 Å². The van der Waals surface area contributed by atoms with Gasteiger partial charge in [-0.1, -0.05) is 35.5 Å². The quantitative estimate of drug-likeness (QED) is 0.577. The van der Waals surface area contributed by atoms with Crippen molar-refractivity contribution in [1.82, 2.24) is 14.8 Å². The van der Waals surface area contributed by atoms with Crippen LogP contribution in [0.2, 0.25) is 0 Å². The van der Waals surface area contributed by atoms with Gasteiger partial charge in [-0.25, -0.2) is 0 Å². The largest absolute Gasteiger partial charge is 0.302 e. The maximum Gasteiger partial charge on any atom is 0.191 e.